The van der Waals surface area contributed by atoms with Crippen LogP contribution in [0, 0.1) is 22.7 Å². The van der Waals surface area contributed by atoms with Crippen LogP contribution in [0.4, 0.5) is 0 Å². The van der Waals surface area contributed by atoms with E-state index < -0.39 is 17.2 Å². The number of fused-ring (bicyclic) bond motifs is 1. The third-order valence-electron chi connectivity index (χ3n) is 5.19. The van der Waals surface area contributed by atoms with E-state index >= 15 is 0 Å². The molecule has 3 rings (SSSR count). The number of esters is 1. The van der Waals surface area contributed by atoms with Crippen LogP contribution in [0.3, 0.4) is 0 Å². The zero-order chi connectivity index (χ0) is 19.1. The van der Waals surface area contributed by atoms with E-state index in [2.05, 4.69) is 21.1 Å². The number of hydrogen-bond acceptors (Lipinski definition) is 8. The first-order valence-corrected chi connectivity index (χ1v) is 9.59. The lowest BCUT2D eigenvalue weighted by Gasteiger charge is -2.37. The molecular weight excluding hydrogens is 354 g/mol. The van der Waals surface area contributed by atoms with E-state index in [1.54, 1.807) is 17.6 Å². The average Bonchev–Trinajstić information content (AvgIpc) is 3.15. The molecule has 1 unspecified atom stereocenters. The van der Waals surface area contributed by atoms with Gasteiger partial charge in [0.05, 0.1) is 18.4 Å². The zero-order valence-electron chi connectivity index (χ0n) is 15.4. The van der Waals surface area contributed by atoms with Crippen LogP contribution >= 0.6 is 11.8 Å². The van der Waals surface area contributed by atoms with E-state index in [1.807, 2.05) is 20.1 Å². The second-order valence-corrected chi connectivity index (χ2v) is 7.32. The highest BCUT2D eigenvalue weighted by Gasteiger charge is 2.67. The van der Waals surface area contributed by atoms with Gasteiger partial charge in [-0.15, -0.1) is 11.8 Å². The molecular formula is C17H21N5O3S. The van der Waals surface area contributed by atoms with Crippen LogP contribution in [-0.2, 0) is 20.1 Å². The van der Waals surface area contributed by atoms with Crippen molar-refractivity contribution in [3.63, 3.8) is 0 Å². The largest absolute Gasteiger partial charge is 0.425 e. The van der Waals surface area contributed by atoms with Gasteiger partial charge in [0.15, 0.2) is 5.65 Å². The lowest BCUT2D eigenvalue weighted by Crippen LogP contribution is -2.46. The number of carbonyl (C=O) groups excluding carboxylic acids is 1. The second kappa shape index (κ2) is 6.52. The lowest BCUT2D eigenvalue weighted by molar-refractivity contribution is -0.257. The van der Waals surface area contributed by atoms with Gasteiger partial charge in [0.25, 0.3) is 5.79 Å². The second-order valence-electron chi connectivity index (χ2n) is 6.53. The van der Waals surface area contributed by atoms with E-state index in [4.69, 9.17) is 9.47 Å². The minimum atomic E-state index is -1.60. The molecule has 1 saturated heterocycles. The van der Waals surface area contributed by atoms with Gasteiger partial charge in [0.1, 0.15) is 22.5 Å². The summed E-state index contributed by atoms with van der Waals surface area (Å²) in [5.41, 5.74) is -0.176. The number of nitrogens with zero attached hydrogens (tertiary/aromatic N) is 5. The number of rotatable bonds is 4. The molecule has 0 bridgehead atoms. The number of hydrogen-bond donors (Lipinski definition) is 0. The minimum Gasteiger partial charge on any atom is -0.425 e. The highest BCUT2D eigenvalue weighted by Crippen LogP contribution is 2.57. The van der Waals surface area contributed by atoms with Crippen LogP contribution in [0.5, 0.6) is 0 Å². The number of thioether (sulfide) groups is 1. The van der Waals surface area contributed by atoms with Crippen LogP contribution in [0.2, 0.25) is 0 Å². The van der Waals surface area contributed by atoms with E-state index in [0.717, 1.165) is 0 Å². The molecule has 1 aliphatic rings. The van der Waals surface area contributed by atoms with Crippen molar-refractivity contribution < 1.29 is 14.3 Å². The van der Waals surface area contributed by atoms with Crippen molar-refractivity contribution in [1.82, 2.24) is 19.6 Å². The predicted octanol–water partition coefficient (Wildman–Crippen LogP) is 2.54. The maximum Gasteiger partial charge on any atom is 0.305 e. The highest BCUT2D eigenvalue weighted by atomic mass is 32.2. The standard InChI is InChI=1S/C17H21N5O3S/c1-6-12-10(2)16(4,8-18)17(25-12,24-11(3)23)13-7-19-14-15(26-5)20-9-21-22(13)14/h7,9-10,12H,6H2,1-5H3/t10-,12-,16-,17?/m1/s1. The Hall–Kier alpha value is -2.18. The summed E-state index contributed by atoms with van der Waals surface area (Å²) < 4.78 is 13.5. The summed E-state index contributed by atoms with van der Waals surface area (Å²) in [6.45, 7) is 6.98. The number of carbonyl (C=O) groups is 1. The summed E-state index contributed by atoms with van der Waals surface area (Å²) in [5, 5.41) is 15.0. The van der Waals surface area contributed by atoms with Crippen molar-refractivity contribution >= 4 is 23.4 Å². The molecule has 4 atom stereocenters. The monoisotopic (exact) mass is 375 g/mol. The van der Waals surface area contributed by atoms with Gasteiger partial charge >= 0.3 is 5.97 Å². The minimum absolute atomic E-state index is 0.163. The summed E-state index contributed by atoms with van der Waals surface area (Å²) in [6, 6.07) is 2.34. The first kappa shape index (κ1) is 18.6. The zero-order valence-corrected chi connectivity index (χ0v) is 16.2. The Labute approximate surface area is 155 Å². The third kappa shape index (κ3) is 2.40. The molecule has 26 heavy (non-hydrogen) atoms. The molecule has 2 aromatic heterocycles. The number of nitriles is 1. The summed E-state index contributed by atoms with van der Waals surface area (Å²) in [4.78, 5) is 20.6. The molecule has 8 nitrogen and oxygen atoms in total. The summed E-state index contributed by atoms with van der Waals surface area (Å²) in [5.74, 6) is -2.30. The van der Waals surface area contributed by atoms with Crippen LogP contribution in [-0.4, -0.2) is 37.9 Å². The lowest BCUT2D eigenvalue weighted by atomic mass is 9.71. The van der Waals surface area contributed by atoms with Gasteiger partial charge in [-0.25, -0.2) is 14.5 Å². The fourth-order valence-corrected chi connectivity index (χ4v) is 4.07. The van der Waals surface area contributed by atoms with Crippen LogP contribution in [0.15, 0.2) is 17.6 Å². The maximum absolute atomic E-state index is 12.0. The van der Waals surface area contributed by atoms with Gasteiger partial charge < -0.3 is 9.47 Å². The molecule has 0 radical (unpaired) electrons. The van der Waals surface area contributed by atoms with Crippen LogP contribution in [0.25, 0.3) is 5.65 Å². The van der Waals surface area contributed by atoms with E-state index in [9.17, 15) is 10.1 Å². The first-order chi connectivity index (χ1) is 12.3. The molecule has 0 amide bonds. The first-order valence-electron chi connectivity index (χ1n) is 8.36. The molecule has 1 aliphatic heterocycles. The Morgan fingerprint density at radius 3 is 2.85 bits per heavy atom. The number of imidazole rings is 1. The summed E-state index contributed by atoms with van der Waals surface area (Å²) in [7, 11) is 0. The van der Waals surface area contributed by atoms with E-state index in [-0.39, 0.29) is 12.0 Å². The molecule has 3 heterocycles. The fraction of sp³-hybridized carbons (Fsp3) is 0.588. The van der Waals surface area contributed by atoms with Crippen LogP contribution < -0.4 is 0 Å². The van der Waals surface area contributed by atoms with Crippen molar-refractivity contribution in [2.24, 2.45) is 11.3 Å². The summed E-state index contributed by atoms with van der Waals surface area (Å²) in [6.07, 6.45) is 5.28. The van der Waals surface area contributed by atoms with Gasteiger partial charge in [-0.05, 0) is 19.6 Å². The maximum atomic E-state index is 12.0. The van der Waals surface area contributed by atoms with Gasteiger partial charge in [-0.1, -0.05) is 13.8 Å². The Morgan fingerprint density at radius 2 is 2.27 bits per heavy atom. The molecule has 0 N–H and O–H groups in total. The number of aromatic nitrogens is 4. The topological polar surface area (TPSA) is 102 Å². The van der Waals surface area contributed by atoms with Crippen molar-refractivity contribution in [2.75, 3.05) is 6.26 Å². The van der Waals surface area contributed by atoms with Gasteiger partial charge in [-0.2, -0.15) is 10.4 Å². The smallest absolute Gasteiger partial charge is 0.305 e. The molecule has 138 valence electrons. The average molecular weight is 375 g/mol. The molecule has 0 spiro atoms. The molecule has 9 heteroatoms. The predicted molar refractivity (Wildman–Crippen MR) is 94.1 cm³/mol. The third-order valence-corrected chi connectivity index (χ3v) is 5.87. The SMILES string of the molecule is CC[C@H]1OC(OC(C)=O)(c2cnc3c(SC)ncnn23)[C@](C)(C#N)[C@@H]1C. The normalized spacial score (nSPS) is 31.1. The van der Waals surface area contributed by atoms with Crippen LogP contribution in [0.1, 0.15) is 39.8 Å². The Kier molecular flexibility index (Phi) is 4.67. The van der Waals surface area contributed by atoms with Crippen molar-refractivity contribution in [2.45, 2.75) is 51.0 Å². The molecule has 2 aromatic rings. The Morgan fingerprint density at radius 1 is 1.54 bits per heavy atom. The van der Waals surface area contributed by atoms with E-state index in [1.165, 1.54) is 25.0 Å². The van der Waals surface area contributed by atoms with Gasteiger partial charge in [0.2, 0.25) is 0 Å². The fourth-order valence-electron chi connectivity index (χ4n) is 3.60. The van der Waals surface area contributed by atoms with Crippen molar-refractivity contribution in [1.29, 1.82) is 5.26 Å². The molecule has 0 aromatic carbocycles. The Balaban J connectivity index is 2.31. The molecule has 0 aliphatic carbocycles. The quantitative estimate of drug-likeness (QED) is 0.593. The molecule has 1 fully saturated rings. The van der Waals surface area contributed by atoms with Crippen molar-refractivity contribution in [3.05, 3.63) is 18.2 Å². The van der Waals surface area contributed by atoms with E-state index in [0.29, 0.717) is 22.8 Å². The summed E-state index contributed by atoms with van der Waals surface area (Å²) >= 11 is 1.43. The molecule has 0 saturated carbocycles. The van der Waals surface area contributed by atoms with Crippen molar-refractivity contribution in [3.8, 4) is 6.07 Å². The number of ether oxygens (including phenoxy) is 2. The van der Waals surface area contributed by atoms with Gasteiger partial charge in [0, 0.05) is 12.8 Å². The Bertz CT molecular complexity index is 894. The van der Waals surface area contributed by atoms with Gasteiger partial charge in [-0.3, -0.25) is 4.79 Å². The highest BCUT2D eigenvalue weighted by molar-refractivity contribution is 7.98.